The average Bonchev–Trinajstić information content (AvgIpc) is 3.14. The molecule has 2 fully saturated rings. The van der Waals surface area contributed by atoms with E-state index in [2.05, 4.69) is 26.9 Å². The zero-order valence-electron chi connectivity index (χ0n) is 14.1. The van der Waals surface area contributed by atoms with Crippen LogP contribution in [0.4, 0.5) is 5.69 Å². The number of nitriles is 1. The van der Waals surface area contributed by atoms with Gasteiger partial charge in [0.1, 0.15) is 6.07 Å². The molecule has 0 spiro atoms. The maximum atomic E-state index is 9.53. The molecule has 2 aliphatic rings. The molecule has 1 aromatic heterocycles. The van der Waals surface area contributed by atoms with Crippen LogP contribution in [0.5, 0.6) is 0 Å². The summed E-state index contributed by atoms with van der Waals surface area (Å²) in [6.07, 6.45) is 6.91. The van der Waals surface area contributed by atoms with Crippen molar-refractivity contribution >= 4 is 16.6 Å². The van der Waals surface area contributed by atoms with Crippen molar-refractivity contribution in [3.8, 4) is 6.07 Å². The molecule has 2 aliphatic heterocycles. The average molecular weight is 320 g/mol. The smallest absolute Gasteiger partial charge is 0.103 e. The SMILES string of the molecule is N#Cc1cnc2ccccc2c1N1CCC(CN2CCCC2)CC1. The Bertz CT molecular complexity index is 750. The number of rotatable bonds is 3. The van der Waals surface area contributed by atoms with Gasteiger partial charge in [-0.1, -0.05) is 18.2 Å². The molecule has 0 amide bonds. The van der Waals surface area contributed by atoms with Gasteiger partial charge in [0.15, 0.2) is 0 Å². The van der Waals surface area contributed by atoms with Crippen molar-refractivity contribution in [3.05, 3.63) is 36.0 Å². The van der Waals surface area contributed by atoms with Gasteiger partial charge in [-0.2, -0.15) is 5.26 Å². The van der Waals surface area contributed by atoms with Gasteiger partial charge in [-0.05, 0) is 50.8 Å². The fourth-order valence-corrected chi connectivity index (χ4v) is 4.22. The van der Waals surface area contributed by atoms with Crippen LogP contribution in [0.1, 0.15) is 31.2 Å². The van der Waals surface area contributed by atoms with Crippen molar-refractivity contribution in [2.24, 2.45) is 5.92 Å². The van der Waals surface area contributed by atoms with E-state index in [9.17, 15) is 5.26 Å². The lowest BCUT2D eigenvalue weighted by molar-refractivity contribution is 0.249. The van der Waals surface area contributed by atoms with Gasteiger partial charge in [0, 0.05) is 31.2 Å². The number of piperidine rings is 1. The second-order valence-electron chi connectivity index (χ2n) is 7.09. The Morgan fingerprint density at radius 3 is 2.58 bits per heavy atom. The van der Waals surface area contributed by atoms with Gasteiger partial charge >= 0.3 is 0 Å². The number of hydrogen-bond donors (Lipinski definition) is 0. The van der Waals surface area contributed by atoms with Gasteiger partial charge in [-0.15, -0.1) is 0 Å². The molecular weight excluding hydrogens is 296 g/mol. The number of para-hydroxylation sites is 1. The van der Waals surface area contributed by atoms with Gasteiger partial charge in [-0.3, -0.25) is 4.98 Å². The van der Waals surface area contributed by atoms with Crippen molar-refractivity contribution in [3.63, 3.8) is 0 Å². The maximum Gasteiger partial charge on any atom is 0.103 e. The molecule has 0 bridgehead atoms. The van der Waals surface area contributed by atoms with E-state index in [1.807, 2.05) is 18.2 Å². The van der Waals surface area contributed by atoms with E-state index < -0.39 is 0 Å². The zero-order valence-corrected chi connectivity index (χ0v) is 14.1. The lowest BCUT2D eigenvalue weighted by atomic mass is 9.95. The van der Waals surface area contributed by atoms with Crippen molar-refractivity contribution < 1.29 is 0 Å². The molecule has 0 atom stereocenters. The summed E-state index contributed by atoms with van der Waals surface area (Å²) in [5.74, 6) is 0.804. The summed E-state index contributed by atoms with van der Waals surface area (Å²) in [5, 5.41) is 10.6. The van der Waals surface area contributed by atoms with Crippen molar-refractivity contribution in [2.75, 3.05) is 37.6 Å². The summed E-state index contributed by atoms with van der Waals surface area (Å²) in [7, 11) is 0. The molecule has 4 rings (SSSR count). The predicted molar refractivity (Wildman–Crippen MR) is 97.1 cm³/mol. The van der Waals surface area contributed by atoms with Crippen LogP contribution in [0.3, 0.4) is 0 Å². The Labute approximate surface area is 143 Å². The van der Waals surface area contributed by atoms with Crippen LogP contribution in [0, 0.1) is 17.2 Å². The highest BCUT2D eigenvalue weighted by molar-refractivity contribution is 5.94. The molecule has 0 unspecified atom stereocenters. The Morgan fingerprint density at radius 2 is 1.83 bits per heavy atom. The third-order valence-corrected chi connectivity index (χ3v) is 5.51. The standard InChI is InChI=1S/C20H24N4/c21-13-17-14-22-19-6-2-1-5-18(19)20(17)24-11-7-16(8-12-24)15-23-9-3-4-10-23/h1-2,5-6,14,16H,3-4,7-12,15H2. The van der Waals surface area contributed by atoms with Crippen LogP contribution >= 0.6 is 0 Å². The summed E-state index contributed by atoms with van der Waals surface area (Å²) in [4.78, 5) is 9.47. The first-order valence-corrected chi connectivity index (χ1v) is 9.10. The number of hydrogen-bond acceptors (Lipinski definition) is 4. The van der Waals surface area contributed by atoms with Gasteiger partial charge in [0.25, 0.3) is 0 Å². The van der Waals surface area contributed by atoms with Crippen LogP contribution in [0.2, 0.25) is 0 Å². The zero-order chi connectivity index (χ0) is 16.4. The maximum absolute atomic E-state index is 9.53. The van der Waals surface area contributed by atoms with Crippen LogP contribution < -0.4 is 4.90 Å². The normalized spacial score (nSPS) is 19.7. The number of nitrogens with zero attached hydrogens (tertiary/aromatic N) is 4. The van der Waals surface area contributed by atoms with Crippen molar-refractivity contribution in [2.45, 2.75) is 25.7 Å². The van der Waals surface area contributed by atoms with Gasteiger partial charge < -0.3 is 9.80 Å². The highest BCUT2D eigenvalue weighted by Crippen LogP contribution is 2.32. The van der Waals surface area contributed by atoms with E-state index in [-0.39, 0.29) is 0 Å². The number of pyridine rings is 1. The molecule has 0 N–H and O–H groups in total. The summed E-state index contributed by atoms with van der Waals surface area (Å²) in [6, 6.07) is 10.5. The topological polar surface area (TPSA) is 43.2 Å². The summed E-state index contributed by atoms with van der Waals surface area (Å²) in [6.45, 7) is 5.92. The Hall–Kier alpha value is -2.12. The van der Waals surface area contributed by atoms with E-state index in [4.69, 9.17) is 0 Å². The number of likely N-dealkylation sites (tertiary alicyclic amines) is 1. The van der Waals surface area contributed by atoms with Crippen molar-refractivity contribution in [1.29, 1.82) is 5.26 Å². The largest absolute Gasteiger partial charge is 0.370 e. The fourth-order valence-electron chi connectivity index (χ4n) is 4.22. The minimum absolute atomic E-state index is 0.701. The number of aromatic nitrogens is 1. The Morgan fingerprint density at radius 1 is 1.08 bits per heavy atom. The number of anilines is 1. The van der Waals surface area contributed by atoms with Crippen molar-refractivity contribution in [1.82, 2.24) is 9.88 Å². The van der Waals surface area contributed by atoms with Crippen LogP contribution in [-0.4, -0.2) is 42.6 Å². The molecule has 1 aromatic carbocycles. The van der Waals surface area contributed by atoms with E-state index in [0.29, 0.717) is 5.56 Å². The molecule has 2 saturated heterocycles. The van der Waals surface area contributed by atoms with Crippen LogP contribution in [0.25, 0.3) is 10.9 Å². The van der Waals surface area contributed by atoms with Crippen LogP contribution in [-0.2, 0) is 0 Å². The first-order valence-electron chi connectivity index (χ1n) is 9.10. The quantitative estimate of drug-likeness (QED) is 0.869. The molecule has 2 aromatic rings. The summed E-state index contributed by atoms with van der Waals surface area (Å²) < 4.78 is 0. The number of fused-ring (bicyclic) bond motifs is 1. The van der Waals surface area contributed by atoms with Crippen LogP contribution in [0.15, 0.2) is 30.5 Å². The minimum Gasteiger partial charge on any atom is -0.370 e. The van der Waals surface area contributed by atoms with Gasteiger partial charge in [-0.25, -0.2) is 0 Å². The molecule has 124 valence electrons. The molecule has 3 heterocycles. The second kappa shape index (κ2) is 6.78. The summed E-state index contributed by atoms with van der Waals surface area (Å²) >= 11 is 0. The highest BCUT2D eigenvalue weighted by atomic mass is 15.2. The second-order valence-corrected chi connectivity index (χ2v) is 7.09. The lowest BCUT2D eigenvalue weighted by Crippen LogP contribution is -2.38. The summed E-state index contributed by atoms with van der Waals surface area (Å²) in [5.41, 5.74) is 2.76. The predicted octanol–water partition coefficient (Wildman–Crippen LogP) is 3.42. The third-order valence-electron chi connectivity index (χ3n) is 5.51. The third kappa shape index (κ3) is 2.97. The highest BCUT2D eigenvalue weighted by Gasteiger charge is 2.25. The van der Waals surface area contributed by atoms with Gasteiger partial charge in [0.2, 0.25) is 0 Å². The molecule has 4 nitrogen and oxygen atoms in total. The lowest BCUT2D eigenvalue weighted by Gasteiger charge is -2.36. The molecular formula is C20H24N4. The first kappa shape index (κ1) is 15.4. The molecule has 0 radical (unpaired) electrons. The number of benzene rings is 1. The fraction of sp³-hybridized carbons (Fsp3) is 0.500. The molecule has 4 heteroatoms. The monoisotopic (exact) mass is 320 g/mol. The first-order chi connectivity index (χ1) is 11.8. The molecule has 0 saturated carbocycles. The molecule has 24 heavy (non-hydrogen) atoms. The van der Waals surface area contributed by atoms with E-state index in [0.717, 1.165) is 35.6 Å². The Balaban J connectivity index is 1.53. The van der Waals surface area contributed by atoms with Gasteiger partial charge in [0.05, 0.1) is 16.8 Å². The van der Waals surface area contributed by atoms with E-state index in [1.54, 1.807) is 6.20 Å². The molecule has 0 aliphatic carbocycles. The van der Waals surface area contributed by atoms with E-state index in [1.165, 1.54) is 45.3 Å². The minimum atomic E-state index is 0.701. The van der Waals surface area contributed by atoms with E-state index >= 15 is 0 Å². The Kier molecular flexibility index (Phi) is 4.36.